The molecule has 0 aliphatic rings. The molecule has 18 heavy (non-hydrogen) atoms. The SMILES string of the molecule is CN(C)C(=O)CNS(=O)(=O)c1ccc(N)cc1Cl. The van der Waals surface area contributed by atoms with Gasteiger partial charge in [-0.3, -0.25) is 4.79 Å². The number of sulfonamides is 1. The van der Waals surface area contributed by atoms with E-state index in [-0.39, 0.29) is 22.4 Å². The summed E-state index contributed by atoms with van der Waals surface area (Å²) in [5.41, 5.74) is 5.84. The van der Waals surface area contributed by atoms with Crippen LogP contribution in [0.1, 0.15) is 0 Å². The molecule has 1 rings (SSSR count). The number of benzene rings is 1. The molecular formula is C10H14ClN3O3S. The highest BCUT2D eigenvalue weighted by Crippen LogP contribution is 2.23. The highest BCUT2D eigenvalue weighted by molar-refractivity contribution is 7.89. The van der Waals surface area contributed by atoms with E-state index in [0.29, 0.717) is 5.69 Å². The molecule has 0 aliphatic carbocycles. The van der Waals surface area contributed by atoms with Crippen LogP contribution in [0, 0.1) is 0 Å². The molecule has 1 aromatic rings. The number of likely N-dealkylation sites (N-methyl/N-ethyl adjacent to an activating group) is 1. The highest BCUT2D eigenvalue weighted by Gasteiger charge is 2.19. The molecule has 6 nitrogen and oxygen atoms in total. The zero-order chi connectivity index (χ0) is 13.9. The predicted octanol–water partition coefficient (Wildman–Crippen LogP) is 0.289. The molecule has 0 bridgehead atoms. The molecule has 0 saturated heterocycles. The van der Waals surface area contributed by atoms with E-state index < -0.39 is 10.0 Å². The van der Waals surface area contributed by atoms with Crippen LogP contribution in [0.4, 0.5) is 5.69 Å². The van der Waals surface area contributed by atoms with Crippen LogP contribution in [0.15, 0.2) is 23.1 Å². The summed E-state index contributed by atoms with van der Waals surface area (Å²) in [6.07, 6.45) is 0. The van der Waals surface area contributed by atoms with Crippen molar-refractivity contribution in [2.45, 2.75) is 4.90 Å². The van der Waals surface area contributed by atoms with Gasteiger partial charge in [0.15, 0.2) is 0 Å². The third-order valence-corrected chi connectivity index (χ3v) is 4.04. The van der Waals surface area contributed by atoms with Crippen LogP contribution in [-0.4, -0.2) is 39.9 Å². The number of carbonyl (C=O) groups excluding carboxylic acids is 1. The van der Waals surface area contributed by atoms with Gasteiger partial charge in [0, 0.05) is 19.8 Å². The second-order valence-electron chi connectivity index (χ2n) is 3.80. The molecule has 0 atom stereocenters. The van der Waals surface area contributed by atoms with Crippen molar-refractivity contribution in [3.05, 3.63) is 23.2 Å². The van der Waals surface area contributed by atoms with Gasteiger partial charge in [-0.1, -0.05) is 11.6 Å². The lowest BCUT2D eigenvalue weighted by atomic mass is 10.3. The predicted molar refractivity (Wildman–Crippen MR) is 69.7 cm³/mol. The third kappa shape index (κ3) is 3.59. The Morgan fingerprint density at radius 2 is 2.06 bits per heavy atom. The number of anilines is 1. The van der Waals surface area contributed by atoms with Gasteiger partial charge >= 0.3 is 0 Å². The number of hydrogen-bond acceptors (Lipinski definition) is 4. The number of nitrogens with two attached hydrogens (primary N) is 1. The zero-order valence-corrected chi connectivity index (χ0v) is 11.5. The van der Waals surface area contributed by atoms with Gasteiger partial charge in [-0.15, -0.1) is 0 Å². The van der Waals surface area contributed by atoms with E-state index in [1.807, 2.05) is 0 Å². The smallest absolute Gasteiger partial charge is 0.242 e. The van der Waals surface area contributed by atoms with Gasteiger partial charge in [-0.25, -0.2) is 13.1 Å². The first kappa shape index (κ1) is 14.7. The molecule has 0 radical (unpaired) electrons. The Morgan fingerprint density at radius 3 is 2.56 bits per heavy atom. The van der Waals surface area contributed by atoms with E-state index in [0.717, 1.165) is 0 Å². The van der Waals surface area contributed by atoms with Crippen LogP contribution in [0.3, 0.4) is 0 Å². The molecule has 0 aromatic heterocycles. The summed E-state index contributed by atoms with van der Waals surface area (Å²) in [7, 11) is -0.752. The van der Waals surface area contributed by atoms with Crippen LogP contribution in [0.2, 0.25) is 5.02 Å². The lowest BCUT2D eigenvalue weighted by Gasteiger charge is -2.12. The van der Waals surface area contributed by atoms with Gasteiger partial charge in [-0.2, -0.15) is 0 Å². The second-order valence-corrected chi connectivity index (χ2v) is 5.95. The Balaban J connectivity index is 2.90. The average Bonchev–Trinajstić information content (AvgIpc) is 2.25. The van der Waals surface area contributed by atoms with Crippen LogP contribution in [-0.2, 0) is 14.8 Å². The van der Waals surface area contributed by atoms with Crippen molar-refractivity contribution in [2.75, 3.05) is 26.4 Å². The minimum absolute atomic E-state index is 0.0137. The summed E-state index contributed by atoms with van der Waals surface area (Å²) in [6, 6.07) is 4.05. The molecule has 0 unspecified atom stereocenters. The number of carbonyl (C=O) groups is 1. The fourth-order valence-corrected chi connectivity index (χ4v) is 2.65. The Kier molecular flexibility index (Phi) is 4.55. The quantitative estimate of drug-likeness (QED) is 0.780. The van der Waals surface area contributed by atoms with Crippen molar-refractivity contribution in [1.82, 2.24) is 9.62 Å². The average molecular weight is 292 g/mol. The molecular weight excluding hydrogens is 278 g/mol. The van der Waals surface area contributed by atoms with E-state index in [4.69, 9.17) is 17.3 Å². The lowest BCUT2D eigenvalue weighted by molar-refractivity contribution is -0.127. The van der Waals surface area contributed by atoms with Crippen molar-refractivity contribution in [2.24, 2.45) is 0 Å². The number of nitrogens with zero attached hydrogens (tertiary/aromatic N) is 1. The number of nitrogen functional groups attached to an aromatic ring is 1. The molecule has 1 amide bonds. The van der Waals surface area contributed by atoms with Crippen LogP contribution in [0.25, 0.3) is 0 Å². The van der Waals surface area contributed by atoms with Crippen LogP contribution < -0.4 is 10.5 Å². The van der Waals surface area contributed by atoms with Crippen LogP contribution >= 0.6 is 11.6 Å². The maximum absolute atomic E-state index is 11.9. The Morgan fingerprint density at radius 1 is 1.44 bits per heavy atom. The van der Waals surface area contributed by atoms with Crippen molar-refractivity contribution in [3.8, 4) is 0 Å². The van der Waals surface area contributed by atoms with Crippen molar-refractivity contribution >= 4 is 33.2 Å². The van der Waals surface area contributed by atoms with Crippen LogP contribution in [0.5, 0.6) is 0 Å². The molecule has 3 N–H and O–H groups in total. The van der Waals surface area contributed by atoms with Crippen molar-refractivity contribution in [3.63, 3.8) is 0 Å². The number of halogens is 1. The molecule has 100 valence electrons. The van der Waals surface area contributed by atoms with E-state index in [1.165, 1.54) is 37.2 Å². The topological polar surface area (TPSA) is 92.5 Å². The zero-order valence-electron chi connectivity index (χ0n) is 9.97. The minimum atomic E-state index is -3.82. The largest absolute Gasteiger partial charge is 0.399 e. The van der Waals surface area contributed by atoms with Gasteiger partial charge in [0.25, 0.3) is 0 Å². The monoisotopic (exact) mass is 291 g/mol. The fourth-order valence-electron chi connectivity index (χ4n) is 1.13. The maximum Gasteiger partial charge on any atom is 0.242 e. The summed E-state index contributed by atoms with van der Waals surface area (Å²) < 4.78 is 25.9. The normalized spacial score (nSPS) is 11.3. The van der Waals surface area contributed by atoms with E-state index in [2.05, 4.69) is 4.72 Å². The molecule has 0 saturated carbocycles. The first-order chi connectivity index (χ1) is 8.24. The summed E-state index contributed by atoms with van der Waals surface area (Å²) in [5, 5.41) is 0.0137. The minimum Gasteiger partial charge on any atom is -0.399 e. The van der Waals surface area contributed by atoms with E-state index in [1.54, 1.807) is 0 Å². The highest BCUT2D eigenvalue weighted by atomic mass is 35.5. The first-order valence-electron chi connectivity index (χ1n) is 4.99. The molecule has 1 aromatic carbocycles. The van der Waals surface area contributed by atoms with Crippen molar-refractivity contribution < 1.29 is 13.2 Å². The standard InChI is InChI=1S/C10H14ClN3O3S/c1-14(2)10(15)6-13-18(16,17)9-4-3-7(12)5-8(9)11/h3-5,13H,6,12H2,1-2H3. The molecule has 8 heteroatoms. The van der Waals surface area contributed by atoms with Gasteiger partial charge in [0.1, 0.15) is 4.90 Å². The van der Waals surface area contributed by atoms with E-state index >= 15 is 0 Å². The number of nitrogens with one attached hydrogen (secondary N) is 1. The number of hydrogen-bond donors (Lipinski definition) is 2. The Labute approximate surface area is 111 Å². The maximum atomic E-state index is 11.9. The summed E-state index contributed by atoms with van der Waals surface area (Å²) in [5.74, 6) is -0.356. The van der Waals surface area contributed by atoms with Gasteiger partial charge in [0.05, 0.1) is 11.6 Å². The number of amides is 1. The number of rotatable bonds is 4. The second kappa shape index (κ2) is 5.55. The molecule has 0 spiro atoms. The molecule has 0 fully saturated rings. The summed E-state index contributed by atoms with van der Waals surface area (Å²) in [6.45, 7) is -0.323. The summed E-state index contributed by atoms with van der Waals surface area (Å²) in [4.78, 5) is 12.5. The first-order valence-corrected chi connectivity index (χ1v) is 6.85. The fraction of sp³-hybridized carbons (Fsp3) is 0.300. The summed E-state index contributed by atoms with van der Waals surface area (Å²) >= 11 is 5.80. The third-order valence-electron chi connectivity index (χ3n) is 2.16. The Hall–Kier alpha value is -1.31. The van der Waals surface area contributed by atoms with Crippen molar-refractivity contribution in [1.29, 1.82) is 0 Å². The lowest BCUT2D eigenvalue weighted by Crippen LogP contribution is -2.36. The molecule has 0 aliphatic heterocycles. The molecule has 0 heterocycles. The van der Waals surface area contributed by atoms with Gasteiger partial charge < -0.3 is 10.6 Å². The van der Waals surface area contributed by atoms with Gasteiger partial charge in [-0.05, 0) is 18.2 Å². The van der Waals surface area contributed by atoms with E-state index in [9.17, 15) is 13.2 Å². The van der Waals surface area contributed by atoms with Gasteiger partial charge in [0.2, 0.25) is 15.9 Å². The Bertz CT molecular complexity index is 557.